The molecule has 0 bridgehead atoms. The predicted octanol–water partition coefficient (Wildman–Crippen LogP) is 1.39. The van der Waals surface area contributed by atoms with Crippen LogP contribution >= 0.6 is 0 Å². The Bertz CT molecular complexity index is 51.2. The van der Waals surface area contributed by atoms with Gasteiger partial charge in [0.05, 0.1) is 0 Å². The Labute approximate surface area is 41.6 Å². The van der Waals surface area contributed by atoms with E-state index in [1.165, 1.54) is 19.3 Å². The summed E-state index contributed by atoms with van der Waals surface area (Å²) >= 11 is 0. The Balaban J connectivity index is 0.000000105. The molecule has 1 aliphatic rings. The fourth-order valence-electron chi connectivity index (χ4n) is 0. The molecule has 1 saturated carbocycles. The van der Waals surface area contributed by atoms with Gasteiger partial charge in [-0.3, -0.25) is 0 Å². The molecule has 3 nitrogen and oxygen atoms in total. The highest BCUT2D eigenvalue weighted by molar-refractivity contribution is 5.53. The van der Waals surface area contributed by atoms with E-state index in [2.05, 4.69) is 0 Å². The molecule has 0 unspecified atom stereocenters. The van der Waals surface area contributed by atoms with Gasteiger partial charge >= 0.3 is 6.16 Å². The van der Waals surface area contributed by atoms with Crippen LogP contribution < -0.4 is 0 Å². The molecule has 0 heterocycles. The van der Waals surface area contributed by atoms with Crippen LogP contribution in [0.15, 0.2) is 0 Å². The Morgan fingerprint density at radius 1 is 1.14 bits per heavy atom. The third-order valence-corrected chi connectivity index (χ3v) is 0.354. The normalized spacial score (nSPS) is 13.7. The lowest BCUT2D eigenvalue weighted by atomic mass is 11.0. The first-order chi connectivity index (χ1) is 3.23. The summed E-state index contributed by atoms with van der Waals surface area (Å²) in [5.41, 5.74) is 0. The Hall–Kier alpha value is -0.730. The number of hydrogen-bond donors (Lipinski definition) is 2. The van der Waals surface area contributed by atoms with E-state index in [1.807, 2.05) is 0 Å². The minimum atomic E-state index is -1.83. The van der Waals surface area contributed by atoms with Gasteiger partial charge in [-0.15, -0.1) is 0 Å². The lowest BCUT2D eigenvalue weighted by molar-refractivity contribution is 0.137. The van der Waals surface area contributed by atoms with Crippen molar-refractivity contribution in [3.63, 3.8) is 0 Å². The summed E-state index contributed by atoms with van der Waals surface area (Å²) in [5.74, 6) is 0. The molecule has 1 fully saturated rings. The monoisotopic (exact) mass is 104 g/mol. The second-order valence-electron chi connectivity index (χ2n) is 1.34. The minimum absolute atomic E-state index is 1.50. The number of carboxylic acid groups (broad SMARTS) is 2. The molecule has 0 saturated heterocycles. The van der Waals surface area contributed by atoms with Crippen LogP contribution in [0.5, 0.6) is 0 Å². The number of carbonyl (C=O) groups is 1. The Kier molecular flexibility index (Phi) is 3.10. The molecule has 0 aliphatic heterocycles. The summed E-state index contributed by atoms with van der Waals surface area (Å²) in [7, 11) is 0. The molecule has 0 radical (unpaired) electrons. The van der Waals surface area contributed by atoms with Crippen molar-refractivity contribution in [2.75, 3.05) is 0 Å². The van der Waals surface area contributed by atoms with Crippen LogP contribution in [0, 0.1) is 0 Å². The largest absolute Gasteiger partial charge is 0.503 e. The summed E-state index contributed by atoms with van der Waals surface area (Å²) in [5, 5.41) is 13.9. The zero-order valence-corrected chi connectivity index (χ0v) is 3.92. The summed E-state index contributed by atoms with van der Waals surface area (Å²) in [4.78, 5) is 8.56. The molecule has 0 aromatic rings. The van der Waals surface area contributed by atoms with Crippen molar-refractivity contribution in [1.82, 2.24) is 0 Å². The molecule has 3 heteroatoms. The minimum Gasteiger partial charge on any atom is -0.450 e. The summed E-state index contributed by atoms with van der Waals surface area (Å²) in [6.45, 7) is 0. The average molecular weight is 104 g/mol. The van der Waals surface area contributed by atoms with Gasteiger partial charge in [-0.25, -0.2) is 4.79 Å². The molecule has 7 heavy (non-hydrogen) atoms. The molecule has 0 spiro atoms. The van der Waals surface area contributed by atoms with Crippen LogP contribution in [0.2, 0.25) is 0 Å². The van der Waals surface area contributed by atoms with Gasteiger partial charge in [0, 0.05) is 0 Å². The van der Waals surface area contributed by atoms with Gasteiger partial charge in [-0.2, -0.15) is 0 Å². The van der Waals surface area contributed by atoms with Crippen LogP contribution in [0.3, 0.4) is 0 Å². The molecule has 0 amide bonds. The average Bonchev–Trinajstić information content (AvgIpc) is 2.02. The van der Waals surface area contributed by atoms with Crippen molar-refractivity contribution in [1.29, 1.82) is 0 Å². The molecular formula is C4H8O3. The van der Waals surface area contributed by atoms with Gasteiger partial charge in [0.1, 0.15) is 0 Å². The van der Waals surface area contributed by atoms with Crippen LogP contribution in [-0.2, 0) is 0 Å². The third kappa shape index (κ3) is 773. The second-order valence-corrected chi connectivity index (χ2v) is 1.34. The first-order valence-electron chi connectivity index (χ1n) is 2.15. The van der Waals surface area contributed by atoms with Crippen molar-refractivity contribution in [2.45, 2.75) is 19.3 Å². The predicted molar refractivity (Wildman–Crippen MR) is 24.5 cm³/mol. The molecule has 1 rings (SSSR count). The fourth-order valence-corrected chi connectivity index (χ4v) is 0. The highest BCUT2D eigenvalue weighted by Gasteiger charge is 1.95. The lowest BCUT2D eigenvalue weighted by Crippen LogP contribution is -1.81. The van der Waals surface area contributed by atoms with Crippen LogP contribution in [0.25, 0.3) is 0 Å². The second kappa shape index (κ2) is 3.46. The number of rotatable bonds is 0. The lowest BCUT2D eigenvalue weighted by Gasteiger charge is -1.60. The third-order valence-electron chi connectivity index (χ3n) is 0.354. The van der Waals surface area contributed by atoms with Gasteiger partial charge in [0.2, 0.25) is 0 Å². The smallest absolute Gasteiger partial charge is 0.450 e. The van der Waals surface area contributed by atoms with E-state index in [0.29, 0.717) is 0 Å². The summed E-state index contributed by atoms with van der Waals surface area (Å²) in [6.07, 6.45) is 2.67. The molecule has 0 atom stereocenters. The maximum atomic E-state index is 8.56. The quantitative estimate of drug-likeness (QED) is 0.488. The molecule has 0 aromatic heterocycles. The van der Waals surface area contributed by atoms with Crippen LogP contribution in [0.4, 0.5) is 4.79 Å². The van der Waals surface area contributed by atoms with Crippen LogP contribution in [0.1, 0.15) is 19.3 Å². The van der Waals surface area contributed by atoms with E-state index >= 15 is 0 Å². The van der Waals surface area contributed by atoms with E-state index in [9.17, 15) is 0 Å². The summed E-state index contributed by atoms with van der Waals surface area (Å²) in [6, 6.07) is 0. The molecule has 0 aromatic carbocycles. The SMILES string of the molecule is C1CC1.O=C(O)O. The van der Waals surface area contributed by atoms with Crippen LogP contribution in [-0.4, -0.2) is 16.4 Å². The van der Waals surface area contributed by atoms with E-state index < -0.39 is 6.16 Å². The number of hydrogen-bond acceptors (Lipinski definition) is 1. The van der Waals surface area contributed by atoms with Crippen molar-refractivity contribution < 1.29 is 15.0 Å². The maximum Gasteiger partial charge on any atom is 0.503 e. The molecule has 42 valence electrons. The van der Waals surface area contributed by atoms with Crippen molar-refractivity contribution in [3.05, 3.63) is 0 Å². The first-order valence-corrected chi connectivity index (χ1v) is 2.15. The van der Waals surface area contributed by atoms with Gasteiger partial charge < -0.3 is 10.2 Å². The van der Waals surface area contributed by atoms with Crippen molar-refractivity contribution >= 4 is 6.16 Å². The van der Waals surface area contributed by atoms with Crippen molar-refractivity contribution in [2.24, 2.45) is 0 Å². The standard InChI is InChI=1S/C3H6.CH2O3/c1-2-3-1;2-1(3)4/h1-3H2;(H2,2,3,4). The highest BCUT2D eigenvalue weighted by Crippen LogP contribution is 2.14. The maximum absolute atomic E-state index is 8.56. The first kappa shape index (κ1) is 6.27. The van der Waals surface area contributed by atoms with E-state index in [0.717, 1.165) is 0 Å². The zero-order chi connectivity index (χ0) is 5.70. The zero-order valence-electron chi connectivity index (χ0n) is 3.92. The molecular weight excluding hydrogens is 96.0 g/mol. The van der Waals surface area contributed by atoms with Gasteiger partial charge in [0.25, 0.3) is 0 Å². The Morgan fingerprint density at radius 3 is 1.29 bits per heavy atom. The van der Waals surface area contributed by atoms with E-state index in [4.69, 9.17) is 15.0 Å². The van der Waals surface area contributed by atoms with E-state index in [-0.39, 0.29) is 0 Å². The summed E-state index contributed by atoms with van der Waals surface area (Å²) < 4.78 is 0. The van der Waals surface area contributed by atoms with Gasteiger partial charge in [0.15, 0.2) is 0 Å². The van der Waals surface area contributed by atoms with Gasteiger partial charge in [-0.05, 0) is 0 Å². The highest BCUT2D eigenvalue weighted by atomic mass is 16.6. The Morgan fingerprint density at radius 2 is 1.29 bits per heavy atom. The fraction of sp³-hybridized carbons (Fsp3) is 0.750. The van der Waals surface area contributed by atoms with Crippen molar-refractivity contribution in [3.8, 4) is 0 Å². The molecule has 1 aliphatic carbocycles. The van der Waals surface area contributed by atoms with Gasteiger partial charge in [-0.1, -0.05) is 19.3 Å². The van der Waals surface area contributed by atoms with E-state index in [1.54, 1.807) is 0 Å². The topological polar surface area (TPSA) is 57.5 Å². The molecule has 2 N–H and O–H groups in total.